The van der Waals surface area contributed by atoms with Gasteiger partial charge >= 0.3 is 0 Å². The van der Waals surface area contributed by atoms with Crippen LogP contribution in [-0.2, 0) is 4.74 Å². The Labute approximate surface area is 118 Å². The van der Waals surface area contributed by atoms with Crippen molar-refractivity contribution in [3.05, 3.63) is 24.3 Å². The van der Waals surface area contributed by atoms with Gasteiger partial charge in [0.1, 0.15) is 12.4 Å². The largest absolute Gasteiger partial charge is 0.491 e. The molecule has 0 saturated carbocycles. The second kappa shape index (κ2) is 7.03. The van der Waals surface area contributed by atoms with Gasteiger partial charge in [-0.3, -0.25) is 0 Å². The molecule has 1 heterocycles. The van der Waals surface area contributed by atoms with Crippen LogP contribution in [0.15, 0.2) is 24.3 Å². The molecule has 0 amide bonds. The van der Waals surface area contributed by atoms with Crippen molar-refractivity contribution in [3.63, 3.8) is 0 Å². The molecular weight excluding hydrogens is 262 g/mol. The molecule has 2 rings (SSSR count). The van der Waals surface area contributed by atoms with E-state index in [0.717, 1.165) is 13.0 Å². The van der Waals surface area contributed by atoms with Crippen LogP contribution in [0, 0.1) is 0 Å². The third kappa shape index (κ3) is 4.60. The van der Waals surface area contributed by atoms with Crippen LogP contribution in [-0.4, -0.2) is 41.5 Å². The van der Waals surface area contributed by atoms with Crippen molar-refractivity contribution in [1.82, 2.24) is 0 Å². The van der Waals surface area contributed by atoms with E-state index in [1.165, 1.54) is 0 Å². The van der Waals surface area contributed by atoms with Gasteiger partial charge in [0.2, 0.25) is 0 Å². The summed E-state index contributed by atoms with van der Waals surface area (Å²) >= 11 is 1.76. The van der Waals surface area contributed by atoms with Crippen LogP contribution in [0.1, 0.15) is 13.3 Å². The molecule has 106 valence electrons. The number of aliphatic hydroxyl groups is 1. The van der Waals surface area contributed by atoms with Gasteiger partial charge in [0.25, 0.3) is 0 Å². The molecule has 1 fully saturated rings. The lowest BCUT2D eigenvalue weighted by molar-refractivity contribution is 0.123. The molecule has 5 heteroatoms. The fourth-order valence-corrected chi connectivity index (χ4v) is 3.19. The number of rotatable bonds is 6. The smallest absolute Gasteiger partial charge is 0.121 e. The van der Waals surface area contributed by atoms with Crippen molar-refractivity contribution in [2.75, 3.05) is 24.7 Å². The molecule has 0 spiro atoms. The van der Waals surface area contributed by atoms with Crippen molar-refractivity contribution in [2.45, 2.75) is 30.8 Å². The predicted molar refractivity (Wildman–Crippen MR) is 78.6 cm³/mol. The molecule has 3 atom stereocenters. The molecule has 1 aliphatic heterocycles. The van der Waals surface area contributed by atoms with Gasteiger partial charge in [-0.05, 0) is 25.5 Å². The molecule has 1 aromatic carbocycles. The Bertz CT molecular complexity index is 402. The van der Waals surface area contributed by atoms with E-state index < -0.39 is 6.10 Å². The number of ether oxygens (including phenoxy) is 2. The summed E-state index contributed by atoms with van der Waals surface area (Å²) < 4.78 is 11.0. The summed E-state index contributed by atoms with van der Waals surface area (Å²) in [6, 6.07) is 7.24. The summed E-state index contributed by atoms with van der Waals surface area (Å²) in [5, 5.41) is 10.4. The van der Waals surface area contributed by atoms with Gasteiger partial charge in [-0.25, -0.2) is 0 Å². The van der Waals surface area contributed by atoms with Crippen LogP contribution >= 0.6 is 11.8 Å². The molecule has 0 bridgehead atoms. The number of hydrogen-bond donors (Lipinski definition) is 2. The zero-order valence-electron chi connectivity index (χ0n) is 11.1. The van der Waals surface area contributed by atoms with Crippen LogP contribution in [0.4, 0.5) is 5.69 Å². The highest BCUT2D eigenvalue weighted by Crippen LogP contribution is 2.26. The highest BCUT2D eigenvalue weighted by Gasteiger charge is 2.25. The van der Waals surface area contributed by atoms with E-state index in [0.29, 0.717) is 29.0 Å². The monoisotopic (exact) mass is 283 g/mol. The van der Waals surface area contributed by atoms with Gasteiger partial charge in [-0.2, -0.15) is 11.8 Å². The molecule has 0 radical (unpaired) electrons. The van der Waals surface area contributed by atoms with Crippen molar-refractivity contribution < 1.29 is 14.6 Å². The fraction of sp³-hybridized carbons (Fsp3) is 0.571. The van der Waals surface area contributed by atoms with E-state index in [1.807, 2.05) is 12.1 Å². The summed E-state index contributed by atoms with van der Waals surface area (Å²) in [5.41, 5.74) is 6.33. The first-order chi connectivity index (χ1) is 9.15. The molecular formula is C14H21NO3S. The molecule has 4 nitrogen and oxygen atoms in total. The summed E-state index contributed by atoms with van der Waals surface area (Å²) in [6.07, 6.45) is 0.875. The molecule has 3 N–H and O–H groups in total. The van der Waals surface area contributed by atoms with Crippen LogP contribution in [0.3, 0.4) is 0 Å². The van der Waals surface area contributed by atoms with Crippen molar-refractivity contribution in [3.8, 4) is 5.75 Å². The second-order valence-electron chi connectivity index (χ2n) is 4.77. The zero-order chi connectivity index (χ0) is 13.7. The summed E-state index contributed by atoms with van der Waals surface area (Å²) in [4.78, 5) is 0. The van der Waals surface area contributed by atoms with Gasteiger partial charge in [0.05, 0.1) is 12.2 Å². The van der Waals surface area contributed by atoms with E-state index in [-0.39, 0.29) is 6.10 Å². The second-order valence-corrected chi connectivity index (χ2v) is 6.05. The average Bonchev–Trinajstić information content (AvgIpc) is 2.80. The van der Waals surface area contributed by atoms with E-state index in [9.17, 15) is 5.11 Å². The number of anilines is 1. The van der Waals surface area contributed by atoms with E-state index in [2.05, 4.69) is 6.92 Å². The Balaban J connectivity index is 1.68. The topological polar surface area (TPSA) is 64.7 Å². The Morgan fingerprint density at radius 2 is 2.42 bits per heavy atom. The number of aliphatic hydroxyl groups excluding tert-OH is 1. The number of nitrogens with two attached hydrogens (primary N) is 1. The Kier molecular flexibility index (Phi) is 5.36. The molecule has 0 aliphatic carbocycles. The lowest BCUT2D eigenvalue weighted by Gasteiger charge is -2.17. The minimum absolute atomic E-state index is 0.284. The quantitative estimate of drug-likeness (QED) is 0.781. The number of benzene rings is 1. The lowest BCUT2D eigenvalue weighted by Crippen LogP contribution is -2.23. The highest BCUT2D eigenvalue weighted by atomic mass is 32.2. The standard InChI is InChI=1S/C14H21NO3S/c1-10-14(5-6-17-10)19-9-12(16)8-18-13-4-2-3-11(15)7-13/h2-4,7,10,12,14,16H,5-6,8-9,15H2,1H3. The Hall–Kier alpha value is -0.910. The first kappa shape index (κ1) is 14.5. The normalized spacial score (nSPS) is 24.3. The Morgan fingerprint density at radius 1 is 1.58 bits per heavy atom. The molecule has 1 saturated heterocycles. The number of nitrogen functional groups attached to an aromatic ring is 1. The predicted octanol–water partition coefficient (Wildman–Crippen LogP) is 1.92. The Morgan fingerprint density at radius 3 is 3.11 bits per heavy atom. The first-order valence-electron chi connectivity index (χ1n) is 6.55. The number of thioether (sulfide) groups is 1. The third-order valence-electron chi connectivity index (χ3n) is 3.11. The lowest BCUT2D eigenvalue weighted by atomic mass is 10.3. The average molecular weight is 283 g/mol. The van der Waals surface area contributed by atoms with E-state index in [1.54, 1.807) is 23.9 Å². The minimum Gasteiger partial charge on any atom is -0.491 e. The molecule has 3 unspecified atom stereocenters. The van der Waals surface area contributed by atoms with Crippen LogP contribution in [0.2, 0.25) is 0 Å². The van der Waals surface area contributed by atoms with Crippen LogP contribution < -0.4 is 10.5 Å². The highest BCUT2D eigenvalue weighted by molar-refractivity contribution is 8.00. The number of hydrogen-bond acceptors (Lipinski definition) is 5. The van der Waals surface area contributed by atoms with Gasteiger partial charge in [0, 0.05) is 29.4 Å². The maximum absolute atomic E-state index is 9.91. The molecule has 1 aliphatic rings. The van der Waals surface area contributed by atoms with E-state index >= 15 is 0 Å². The SMILES string of the molecule is CC1OCCC1SCC(O)COc1cccc(N)c1. The van der Waals surface area contributed by atoms with Crippen LogP contribution in [0.5, 0.6) is 5.75 Å². The van der Waals surface area contributed by atoms with Gasteiger partial charge in [-0.15, -0.1) is 0 Å². The molecule has 19 heavy (non-hydrogen) atoms. The maximum Gasteiger partial charge on any atom is 0.121 e. The first-order valence-corrected chi connectivity index (χ1v) is 7.59. The van der Waals surface area contributed by atoms with Crippen molar-refractivity contribution >= 4 is 17.4 Å². The van der Waals surface area contributed by atoms with Gasteiger partial charge < -0.3 is 20.3 Å². The van der Waals surface area contributed by atoms with E-state index in [4.69, 9.17) is 15.2 Å². The molecule has 1 aromatic rings. The maximum atomic E-state index is 9.91. The summed E-state index contributed by atoms with van der Waals surface area (Å²) in [6.45, 7) is 3.20. The summed E-state index contributed by atoms with van der Waals surface area (Å²) in [7, 11) is 0. The fourth-order valence-electron chi connectivity index (χ4n) is 2.01. The zero-order valence-corrected chi connectivity index (χ0v) is 11.9. The van der Waals surface area contributed by atoms with Crippen molar-refractivity contribution in [2.24, 2.45) is 0 Å². The summed E-state index contributed by atoms with van der Waals surface area (Å²) in [5.74, 6) is 1.36. The van der Waals surface area contributed by atoms with Crippen LogP contribution in [0.25, 0.3) is 0 Å². The molecule has 0 aromatic heterocycles. The third-order valence-corrected chi connectivity index (χ3v) is 4.73. The van der Waals surface area contributed by atoms with Gasteiger partial charge in [0.15, 0.2) is 0 Å². The van der Waals surface area contributed by atoms with Crippen molar-refractivity contribution in [1.29, 1.82) is 0 Å². The van der Waals surface area contributed by atoms with Gasteiger partial charge in [-0.1, -0.05) is 6.07 Å². The minimum atomic E-state index is -0.473.